The number of likely N-dealkylation sites (tertiary alicyclic amines) is 1. The maximum absolute atomic E-state index is 12.5. The monoisotopic (exact) mass is 277 g/mol. The molecule has 0 radical (unpaired) electrons. The van der Waals surface area contributed by atoms with Crippen LogP contribution in [0.5, 0.6) is 0 Å². The third-order valence-corrected chi connectivity index (χ3v) is 3.86. The van der Waals surface area contributed by atoms with Gasteiger partial charge in [0.25, 0.3) is 5.91 Å². The number of amides is 1. The smallest absolute Gasteiger partial charge is 0.275 e. The van der Waals surface area contributed by atoms with Gasteiger partial charge in [-0.25, -0.2) is 14.4 Å². The molecule has 0 aliphatic carbocycles. The third-order valence-electron chi connectivity index (χ3n) is 3.50. The Bertz CT molecular complexity index is 632. The number of hydrogen-bond donors (Lipinski definition) is 0. The molecule has 1 amide bonds. The number of fused-ring (bicyclic) bond motifs is 1. The second kappa shape index (κ2) is 4.85. The van der Waals surface area contributed by atoms with Crippen molar-refractivity contribution in [2.24, 2.45) is 0 Å². The van der Waals surface area contributed by atoms with Gasteiger partial charge in [-0.1, -0.05) is 6.92 Å². The van der Waals surface area contributed by atoms with E-state index in [4.69, 9.17) is 0 Å². The van der Waals surface area contributed by atoms with Gasteiger partial charge in [0.05, 0.1) is 11.1 Å². The maximum Gasteiger partial charge on any atom is 0.275 e. The van der Waals surface area contributed by atoms with E-state index in [0.717, 1.165) is 43.4 Å². The van der Waals surface area contributed by atoms with Crippen LogP contribution < -0.4 is 0 Å². The van der Waals surface area contributed by atoms with E-state index in [1.54, 1.807) is 4.45 Å². The number of aromatic nitrogens is 4. The van der Waals surface area contributed by atoms with Crippen LogP contribution in [-0.2, 0) is 6.42 Å². The minimum atomic E-state index is -0.00630. The topological polar surface area (TPSA) is 63.9 Å². The molecule has 1 aliphatic rings. The third kappa shape index (κ3) is 2.00. The van der Waals surface area contributed by atoms with Gasteiger partial charge in [0.15, 0.2) is 11.3 Å². The van der Waals surface area contributed by atoms with Crippen LogP contribution in [0.15, 0.2) is 6.33 Å². The molecule has 0 saturated carbocycles. The van der Waals surface area contributed by atoms with Gasteiger partial charge >= 0.3 is 0 Å². The second-order valence-electron chi connectivity index (χ2n) is 4.67. The molecule has 6 nitrogen and oxygen atoms in total. The Morgan fingerprint density at radius 2 is 2.11 bits per heavy atom. The summed E-state index contributed by atoms with van der Waals surface area (Å²) in [5.74, 6) is -0.00630. The normalized spacial score (nSPS) is 15.4. The van der Waals surface area contributed by atoms with Gasteiger partial charge < -0.3 is 4.90 Å². The minimum Gasteiger partial charge on any atom is -0.337 e. The van der Waals surface area contributed by atoms with E-state index in [1.165, 1.54) is 6.33 Å². The molecule has 0 bridgehead atoms. The zero-order valence-corrected chi connectivity index (χ0v) is 12.0. The highest BCUT2D eigenvalue weighted by atomic mass is 31.0. The molecule has 1 unspecified atom stereocenters. The maximum atomic E-state index is 12.5. The Balaban J connectivity index is 2.15. The number of hydrogen-bond acceptors (Lipinski definition) is 4. The number of nitrogens with zero attached hydrogens (tertiary/aromatic N) is 5. The van der Waals surface area contributed by atoms with Crippen molar-refractivity contribution in [1.82, 2.24) is 24.4 Å². The van der Waals surface area contributed by atoms with Crippen molar-refractivity contribution in [2.45, 2.75) is 26.2 Å². The first-order chi connectivity index (χ1) is 9.22. The van der Waals surface area contributed by atoms with Gasteiger partial charge in [-0.05, 0) is 28.7 Å². The second-order valence-corrected chi connectivity index (χ2v) is 5.15. The molecule has 1 saturated heterocycles. The first-order valence-corrected chi connectivity index (χ1v) is 7.01. The molecular formula is C12H16N5OP. The number of aryl methyl sites for hydroxylation is 1. The summed E-state index contributed by atoms with van der Waals surface area (Å²) in [6.07, 6.45) is 4.42. The molecule has 1 fully saturated rings. The van der Waals surface area contributed by atoms with Crippen molar-refractivity contribution >= 4 is 26.3 Å². The first kappa shape index (κ1) is 12.5. The van der Waals surface area contributed by atoms with E-state index in [0.29, 0.717) is 11.3 Å². The molecule has 0 spiro atoms. The average molecular weight is 277 g/mol. The van der Waals surface area contributed by atoms with Crippen LogP contribution in [0, 0.1) is 0 Å². The van der Waals surface area contributed by atoms with Crippen LogP contribution >= 0.6 is 9.39 Å². The summed E-state index contributed by atoms with van der Waals surface area (Å²) in [7, 11) is 2.48. The summed E-state index contributed by atoms with van der Waals surface area (Å²) >= 11 is 0. The Morgan fingerprint density at radius 1 is 1.37 bits per heavy atom. The van der Waals surface area contributed by atoms with Crippen molar-refractivity contribution in [2.75, 3.05) is 13.1 Å². The quantitative estimate of drug-likeness (QED) is 0.775. The molecule has 19 heavy (non-hydrogen) atoms. The molecular weight excluding hydrogens is 261 g/mol. The molecule has 2 aromatic rings. The lowest BCUT2D eigenvalue weighted by molar-refractivity contribution is 0.0788. The summed E-state index contributed by atoms with van der Waals surface area (Å²) in [6, 6.07) is 0. The highest BCUT2D eigenvalue weighted by Gasteiger charge is 2.26. The van der Waals surface area contributed by atoms with E-state index in [-0.39, 0.29) is 5.91 Å². The minimum absolute atomic E-state index is 0.00630. The van der Waals surface area contributed by atoms with Gasteiger partial charge in [0.1, 0.15) is 6.33 Å². The van der Waals surface area contributed by atoms with E-state index in [9.17, 15) is 4.79 Å². The molecule has 2 aromatic heterocycles. The Morgan fingerprint density at radius 3 is 2.79 bits per heavy atom. The molecule has 1 atom stereocenters. The van der Waals surface area contributed by atoms with Crippen molar-refractivity contribution < 1.29 is 4.79 Å². The highest BCUT2D eigenvalue weighted by molar-refractivity contribution is 7.14. The standard InChI is InChI=1S/C12H16N5OP/c1-2-8-9-10(12(18)16-5-3-4-6-16)15-17(19)11(9)14-7-13-8/h7H,2-6,19H2,1H3. The summed E-state index contributed by atoms with van der Waals surface area (Å²) in [4.78, 5) is 22.9. The van der Waals surface area contributed by atoms with E-state index < -0.39 is 0 Å². The molecule has 0 aromatic carbocycles. The summed E-state index contributed by atoms with van der Waals surface area (Å²) in [5, 5.41) is 5.12. The number of carbonyl (C=O) groups is 1. The molecule has 7 heteroatoms. The summed E-state index contributed by atoms with van der Waals surface area (Å²) in [6.45, 7) is 3.66. The van der Waals surface area contributed by atoms with Crippen LogP contribution in [0.1, 0.15) is 35.9 Å². The lowest BCUT2D eigenvalue weighted by atomic mass is 10.2. The van der Waals surface area contributed by atoms with Gasteiger partial charge in [-0.15, -0.1) is 0 Å². The zero-order chi connectivity index (χ0) is 13.4. The lowest BCUT2D eigenvalue weighted by Gasteiger charge is -2.13. The van der Waals surface area contributed by atoms with Gasteiger partial charge in [0.2, 0.25) is 0 Å². The predicted octanol–water partition coefficient (Wildman–Crippen LogP) is 1.26. The van der Waals surface area contributed by atoms with Crippen LogP contribution in [0.3, 0.4) is 0 Å². The molecule has 0 N–H and O–H groups in total. The van der Waals surface area contributed by atoms with Gasteiger partial charge in [0, 0.05) is 13.1 Å². The predicted molar refractivity (Wildman–Crippen MR) is 74.9 cm³/mol. The SMILES string of the molecule is CCc1ncnc2c1c(C(=O)N1CCCC1)nn2P. The van der Waals surface area contributed by atoms with Crippen molar-refractivity contribution in [3.63, 3.8) is 0 Å². The van der Waals surface area contributed by atoms with Crippen LogP contribution in [-0.4, -0.2) is 43.4 Å². The fourth-order valence-corrected chi connectivity index (χ4v) is 2.83. The Hall–Kier alpha value is -1.55. The average Bonchev–Trinajstić information content (AvgIpc) is 3.06. The lowest BCUT2D eigenvalue weighted by Crippen LogP contribution is -2.28. The summed E-state index contributed by atoms with van der Waals surface area (Å²) in [5.41, 5.74) is 2.05. The van der Waals surface area contributed by atoms with Crippen molar-refractivity contribution in [3.8, 4) is 0 Å². The van der Waals surface area contributed by atoms with Crippen LogP contribution in [0.2, 0.25) is 0 Å². The van der Waals surface area contributed by atoms with E-state index in [1.807, 2.05) is 11.8 Å². The van der Waals surface area contributed by atoms with E-state index >= 15 is 0 Å². The Labute approximate surface area is 113 Å². The van der Waals surface area contributed by atoms with Gasteiger partial charge in [-0.3, -0.25) is 4.79 Å². The van der Waals surface area contributed by atoms with Crippen LogP contribution in [0.4, 0.5) is 0 Å². The van der Waals surface area contributed by atoms with E-state index in [2.05, 4.69) is 24.5 Å². The molecule has 3 rings (SSSR count). The zero-order valence-electron chi connectivity index (χ0n) is 10.8. The van der Waals surface area contributed by atoms with Crippen molar-refractivity contribution in [3.05, 3.63) is 17.7 Å². The largest absolute Gasteiger partial charge is 0.337 e. The summed E-state index contributed by atoms with van der Waals surface area (Å²) < 4.78 is 1.58. The highest BCUT2D eigenvalue weighted by Crippen LogP contribution is 2.24. The molecule has 100 valence electrons. The van der Waals surface area contributed by atoms with Gasteiger partial charge in [-0.2, -0.15) is 5.10 Å². The first-order valence-electron chi connectivity index (χ1n) is 6.49. The fourth-order valence-electron chi connectivity index (χ4n) is 2.52. The number of rotatable bonds is 2. The molecule has 3 heterocycles. The molecule has 1 aliphatic heterocycles. The Kier molecular flexibility index (Phi) is 3.19. The number of carbonyl (C=O) groups excluding carboxylic acids is 1. The fraction of sp³-hybridized carbons (Fsp3) is 0.500. The van der Waals surface area contributed by atoms with Crippen molar-refractivity contribution in [1.29, 1.82) is 0 Å². The van der Waals surface area contributed by atoms with Crippen LogP contribution in [0.25, 0.3) is 11.0 Å².